The van der Waals surface area contributed by atoms with E-state index >= 15 is 0 Å². The molecule has 6 nitrogen and oxygen atoms in total. The maximum Gasteiger partial charge on any atom is 0.223 e. The molecule has 6 heteroatoms. The minimum absolute atomic E-state index is 0.0119. The molecule has 136 valence electrons. The van der Waals surface area contributed by atoms with Crippen LogP contribution in [0.25, 0.3) is 0 Å². The molecular formula is C20H24N4O2. The molecule has 1 aliphatic carbocycles. The van der Waals surface area contributed by atoms with E-state index in [1.807, 2.05) is 36.4 Å². The number of amides is 2. The van der Waals surface area contributed by atoms with Crippen LogP contribution >= 0.6 is 0 Å². The molecule has 26 heavy (non-hydrogen) atoms. The summed E-state index contributed by atoms with van der Waals surface area (Å²) in [4.78, 5) is 33.3. The average Bonchev–Trinajstić information content (AvgIpc) is 2.72. The number of nitrogens with zero attached hydrogens (tertiary/aromatic N) is 2. The lowest BCUT2D eigenvalue weighted by Crippen LogP contribution is -2.38. The third kappa shape index (κ3) is 5.12. The summed E-state index contributed by atoms with van der Waals surface area (Å²) in [6.07, 6.45) is 6.58. The summed E-state index contributed by atoms with van der Waals surface area (Å²) in [5, 5.41) is 5.89. The zero-order valence-corrected chi connectivity index (χ0v) is 14.7. The second-order valence-corrected chi connectivity index (χ2v) is 6.64. The summed E-state index contributed by atoms with van der Waals surface area (Å²) in [6, 6.07) is 11.3. The number of carbonyl (C=O) groups excluding carboxylic acids is 2. The molecule has 2 N–H and O–H groups in total. The molecule has 2 atom stereocenters. The number of carbonyl (C=O) groups is 2. The molecule has 0 unspecified atom stereocenters. The fraction of sp³-hybridized carbons (Fsp3) is 0.400. The number of pyridine rings is 2. The van der Waals surface area contributed by atoms with Crippen molar-refractivity contribution in [1.82, 2.24) is 20.6 Å². The normalized spacial score (nSPS) is 19.5. The van der Waals surface area contributed by atoms with Crippen LogP contribution in [-0.2, 0) is 22.7 Å². The van der Waals surface area contributed by atoms with E-state index in [4.69, 9.17) is 0 Å². The Balaban J connectivity index is 1.47. The van der Waals surface area contributed by atoms with E-state index in [1.165, 1.54) is 0 Å². The predicted octanol–water partition coefficient (Wildman–Crippen LogP) is 2.22. The monoisotopic (exact) mass is 352 g/mol. The molecule has 0 aliphatic heterocycles. The fourth-order valence-electron chi connectivity index (χ4n) is 3.32. The van der Waals surface area contributed by atoms with Crippen molar-refractivity contribution >= 4 is 11.8 Å². The Kier molecular flexibility index (Phi) is 6.30. The van der Waals surface area contributed by atoms with Crippen LogP contribution < -0.4 is 10.6 Å². The van der Waals surface area contributed by atoms with Crippen LogP contribution in [0.4, 0.5) is 0 Å². The lowest BCUT2D eigenvalue weighted by Gasteiger charge is -2.27. The molecule has 3 rings (SSSR count). The van der Waals surface area contributed by atoms with Crippen LogP contribution in [0, 0.1) is 11.8 Å². The first-order chi connectivity index (χ1) is 12.7. The van der Waals surface area contributed by atoms with Gasteiger partial charge >= 0.3 is 0 Å². The smallest absolute Gasteiger partial charge is 0.223 e. The van der Waals surface area contributed by atoms with Gasteiger partial charge in [0.2, 0.25) is 11.8 Å². The second kappa shape index (κ2) is 9.08. The first kappa shape index (κ1) is 18.0. The lowest BCUT2D eigenvalue weighted by atomic mass is 9.80. The van der Waals surface area contributed by atoms with Gasteiger partial charge in [-0.15, -0.1) is 0 Å². The van der Waals surface area contributed by atoms with Crippen molar-refractivity contribution in [2.75, 3.05) is 0 Å². The van der Waals surface area contributed by atoms with E-state index in [2.05, 4.69) is 20.6 Å². The topological polar surface area (TPSA) is 84.0 Å². The molecule has 2 heterocycles. The van der Waals surface area contributed by atoms with Gasteiger partial charge in [0.15, 0.2) is 0 Å². The Labute approximate surface area is 153 Å². The van der Waals surface area contributed by atoms with Gasteiger partial charge in [-0.25, -0.2) is 0 Å². The number of hydrogen-bond donors (Lipinski definition) is 2. The Morgan fingerprint density at radius 3 is 1.77 bits per heavy atom. The summed E-state index contributed by atoms with van der Waals surface area (Å²) in [5.41, 5.74) is 1.67. The number of aromatic nitrogens is 2. The van der Waals surface area contributed by atoms with Crippen molar-refractivity contribution in [3.63, 3.8) is 0 Å². The lowest BCUT2D eigenvalue weighted by molar-refractivity contribution is -0.130. The van der Waals surface area contributed by atoms with Crippen LogP contribution in [0.5, 0.6) is 0 Å². The minimum atomic E-state index is -0.113. The molecule has 2 aromatic rings. The molecule has 0 spiro atoms. The fourth-order valence-corrected chi connectivity index (χ4v) is 3.32. The highest BCUT2D eigenvalue weighted by molar-refractivity contribution is 5.82. The van der Waals surface area contributed by atoms with E-state index in [1.54, 1.807) is 12.4 Å². The molecule has 1 aliphatic rings. The highest BCUT2D eigenvalue weighted by Gasteiger charge is 2.31. The maximum absolute atomic E-state index is 12.4. The summed E-state index contributed by atoms with van der Waals surface area (Å²) in [5.74, 6) is -0.202. The van der Waals surface area contributed by atoms with Crippen molar-refractivity contribution < 1.29 is 9.59 Å². The summed E-state index contributed by atoms with van der Waals surface area (Å²) in [6.45, 7) is 0.847. The molecule has 0 saturated heterocycles. The molecule has 2 amide bonds. The highest BCUT2D eigenvalue weighted by Crippen LogP contribution is 2.29. The van der Waals surface area contributed by atoms with Crippen LogP contribution in [0.15, 0.2) is 48.8 Å². The van der Waals surface area contributed by atoms with E-state index in [0.29, 0.717) is 19.5 Å². The SMILES string of the molecule is O=C(NCc1ccccn1)[C@@H]1CCC[C@@H](C(=O)NCc2ccccn2)C1. The van der Waals surface area contributed by atoms with E-state index in [9.17, 15) is 9.59 Å². The standard InChI is InChI=1S/C20H24N4O2/c25-19(23-13-17-8-1-3-10-21-17)15-6-5-7-16(12-15)20(26)24-14-18-9-2-4-11-22-18/h1-4,8-11,15-16H,5-7,12-14H2,(H,23,25)(H,24,26)/t15-,16-/m1/s1. The van der Waals surface area contributed by atoms with Gasteiger partial charge in [-0.1, -0.05) is 18.6 Å². The van der Waals surface area contributed by atoms with Gasteiger partial charge < -0.3 is 10.6 Å². The van der Waals surface area contributed by atoms with Gasteiger partial charge in [-0.2, -0.15) is 0 Å². The largest absolute Gasteiger partial charge is 0.350 e. The van der Waals surface area contributed by atoms with Crippen molar-refractivity contribution in [2.45, 2.75) is 38.8 Å². The zero-order chi connectivity index (χ0) is 18.2. The third-order valence-corrected chi connectivity index (χ3v) is 4.76. The van der Waals surface area contributed by atoms with Crippen LogP contribution in [-0.4, -0.2) is 21.8 Å². The summed E-state index contributed by atoms with van der Waals surface area (Å²) in [7, 11) is 0. The number of nitrogens with one attached hydrogen (secondary N) is 2. The van der Waals surface area contributed by atoms with Gasteiger partial charge in [-0.05, 0) is 43.5 Å². The first-order valence-electron chi connectivity index (χ1n) is 9.07. The predicted molar refractivity (Wildman–Crippen MR) is 97.6 cm³/mol. The van der Waals surface area contributed by atoms with Crippen molar-refractivity contribution in [1.29, 1.82) is 0 Å². The molecule has 0 bridgehead atoms. The zero-order valence-electron chi connectivity index (χ0n) is 14.7. The quantitative estimate of drug-likeness (QED) is 0.835. The molecule has 1 saturated carbocycles. The van der Waals surface area contributed by atoms with E-state index in [-0.39, 0.29) is 23.7 Å². The van der Waals surface area contributed by atoms with Gasteiger partial charge in [-0.3, -0.25) is 19.6 Å². The molecule has 0 radical (unpaired) electrons. The summed E-state index contributed by atoms with van der Waals surface area (Å²) >= 11 is 0. The van der Waals surface area contributed by atoms with E-state index < -0.39 is 0 Å². The average molecular weight is 352 g/mol. The van der Waals surface area contributed by atoms with Crippen LogP contribution in [0.3, 0.4) is 0 Å². The number of hydrogen-bond acceptors (Lipinski definition) is 4. The van der Waals surface area contributed by atoms with Crippen LogP contribution in [0.1, 0.15) is 37.1 Å². The molecule has 2 aromatic heterocycles. The Bertz CT molecular complexity index is 660. The van der Waals surface area contributed by atoms with Gasteiger partial charge in [0, 0.05) is 24.2 Å². The molecule has 0 aromatic carbocycles. The summed E-state index contributed by atoms with van der Waals surface area (Å²) < 4.78 is 0. The van der Waals surface area contributed by atoms with Crippen molar-refractivity contribution in [3.05, 3.63) is 60.2 Å². The Morgan fingerprint density at radius 1 is 0.846 bits per heavy atom. The third-order valence-electron chi connectivity index (χ3n) is 4.76. The van der Waals surface area contributed by atoms with Gasteiger partial charge in [0.25, 0.3) is 0 Å². The van der Waals surface area contributed by atoms with Crippen LogP contribution in [0.2, 0.25) is 0 Å². The van der Waals surface area contributed by atoms with Crippen molar-refractivity contribution in [3.8, 4) is 0 Å². The molecular weight excluding hydrogens is 328 g/mol. The van der Waals surface area contributed by atoms with E-state index in [0.717, 1.165) is 30.7 Å². The highest BCUT2D eigenvalue weighted by atomic mass is 16.2. The van der Waals surface area contributed by atoms with Crippen molar-refractivity contribution in [2.24, 2.45) is 11.8 Å². The number of rotatable bonds is 6. The first-order valence-corrected chi connectivity index (χ1v) is 9.07. The second-order valence-electron chi connectivity index (χ2n) is 6.64. The van der Waals surface area contributed by atoms with Gasteiger partial charge in [0.1, 0.15) is 0 Å². The van der Waals surface area contributed by atoms with Gasteiger partial charge in [0.05, 0.1) is 24.5 Å². The Hall–Kier alpha value is -2.76. The molecule has 1 fully saturated rings. The maximum atomic E-state index is 12.4. The Morgan fingerprint density at radius 2 is 1.35 bits per heavy atom. The minimum Gasteiger partial charge on any atom is -0.350 e.